The van der Waals surface area contributed by atoms with Gasteiger partial charge in [0.05, 0.1) is 15.1 Å². The van der Waals surface area contributed by atoms with Gasteiger partial charge in [-0.15, -0.1) is 11.8 Å². The van der Waals surface area contributed by atoms with Gasteiger partial charge in [0.15, 0.2) is 0 Å². The summed E-state index contributed by atoms with van der Waals surface area (Å²) in [5, 5.41) is 1.58. The molecule has 0 fully saturated rings. The Bertz CT molecular complexity index is 681. The standard InChI is InChI=1S/C11H8Cl2N2O2S/c12-7-2-1-6(3-8(7)13)5-18-9-4-14-10(16)11(17)15-9/h1-4H,5H2,(H,14,16)(H,15,17). The monoisotopic (exact) mass is 302 g/mol. The van der Waals surface area contributed by atoms with Gasteiger partial charge >= 0.3 is 11.1 Å². The van der Waals surface area contributed by atoms with Crippen molar-refractivity contribution in [2.24, 2.45) is 0 Å². The van der Waals surface area contributed by atoms with Crippen molar-refractivity contribution in [3.8, 4) is 0 Å². The summed E-state index contributed by atoms with van der Waals surface area (Å²) in [5.74, 6) is 0.610. The van der Waals surface area contributed by atoms with Gasteiger partial charge in [-0.25, -0.2) is 0 Å². The molecule has 4 nitrogen and oxygen atoms in total. The van der Waals surface area contributed by atoms with E-state index in [-0.39, 0.29) is 0 Å². The third-order valence-corrected chi connectivity index (χ3v) is 3.90. The molecule has 0 unspecified atom stereocenters. The Balaban J connectivity index is 2.11. The number of thioether (sulfide) groups is 1. The van der Waals surface area contributed by atoms with E-state index in [9.17, 15) is 9.59 Å². The average molecular weight is 303 g/mol. The first-order valence-corrected chi connectivity index (χ1v) is 6.69. The van der Waals surface area contributed by atoms with Crippen LogP contribution in [0.15, 0.2) is 39.0 Å². The van der Waals surface area contributed by atoms with Crippen molar-refractivity contribution in [3.05, 3.63) is 60.7 Å². The number of nitrogens with one attached hydrogen (secondary N) is 2. The van der Waals surface area contributed by atoms with Gasteiger partial charge in [0.1, 0.15) is 0 Å². The van der Waals surface area contributed by atoms with Crippen LogP contribution in [0, 0.1) is 0 Å². The summed E-state index contributed by atoms with van der Waals surface area (Å²) < 4.78 is 0. The first-order valence-electron chi connectivity index (χ1n) is 4.95. The van der Waals surface area contributed by atoms with Crippen LogP contribution < -0.4 is 11.1 Å². The maximum Gasteiger partial charge on any atom is 0.314 e. The molecule has 0 amide bonds. The normalized spacial score (nSPS) is 10.6. The van der Waals surface area contributed by atoms with Crippen molar-refractivity contribution in [3.63, 3.8) is 0 Å². The van der Waals surface area contributed by atoms with Crippen LogP contribution in [-0.2, 0) is 5.75 Å². The molecule has 1 aromatic carbocycles. The summed E-state index contributed by atoms with van der Waals surface area (Å²) in [4.78, 5) is 26.8. The van der Waals surface area contributed by atoms with Gasteiger partial charge in [-0.2, -0.15) is 0 Å². The quantitative estimate of drug-likeness (QED) is 0.677. The predicted octanol–water partition coefficient (Wildman–Crippen LogP) is 2.66. The number of halogens is 2. The molecule has 0 saturated carbocycles. The van der Waals surface area contributed by atoms with Gasteiger partial charge in [0.2, 0.25) is 0 Å². The van der Waals surface area contributed by atoms with E-state index in [1.165, 1.54) is 18.0 Å². The Morgan fingerprint density at radius 1 is 1.11 bits per heavy atom. The van der Waals surface area contributed by atoms with Crippen molar-refractivity contribution >= 4 is 35.0 Å². The highest BCUT2D eigenvalue weighted by atomic mass is 35.5. The maximum absolute atomic E-state index is 11.1. The highest BCUT2D eigenvalue weighted by Crippen LogP contribution is 2.26. The summed E-state index contributed by atoms with van der Waals surface area (Å²) in [7, 11) is 0. The van der Waals surface area contributed by atoms with E-state index in [2.05, 4.69) is 9.97 Å². The molecule has 0 saturated heterocycles. The molecule has 18 heavy (non-hydrogen) atoms. The van der Waals surface area contributed by atoms with E-state index >= 15 is 0 Å². The van der Waals surface area contributed by atoms with Gasteiger partial charge in [-0.1, -0.05) is 29.3 Å². The molecule has 0 spiro atoms. The lowest BCUT2D eigenvalue weighted by Crippen LogP contribution is -2.28. The van der Waals surface area contributed by atoms with E-state index in [0.29, 0.717) is 20.8 Å². The summed E-state index contributed by atoms with van der Waals surface area (Å²) in [6.45, 7) is 0. The molecule has 0 aliphatic rings. The number of aromatic nitrogens is 2. The van der Waals surface area contributed by atoms with Crippen molar-refractivity contribution in [2.45, 2.75) is 10.8 Å². The maximum atomic E-state index is 11.1. The molecule has 1 heterocycles. The lowest BCUT2D eigenvalue weighted by Gasteiger charge is -2.03. The first-order chi connectivity index (χ1) is 8.56. The Morgan fingerprint density at radius 2 is 1.89 bits per heavy atom. The van der Waals surface area contributed by atoms with E-state index in [4.69, 9.17) is 23.2 Å². The molecule has 94 valence electrons. The van der Waals surface area contributed by atoms with Crippen LogP contribution in [0.1, 0.15) is 5.56 Å². The fourth-order valence-corrected chi connectivity index (χ4v) is 2.40. The van der Waals surface area contributed by atoms with Crippen LogP contribution in [0.4, 0.5) is 0 Å². The minimum Gasteiger partial charge on any atom is -0.322 e. The van der Waals surface area contributed by atoms with Crippen LogP contribution in [0.25, 0.3) is 0 Å². The van der Waals surface area contributed by atoms with Gasteiger partial charge < -0.3 is 9.97 Å². The minimum absolute atomic E-state index is 0.490. The number of hydrogen-bond acceptors (Lipinski definition) is 3. The number of H-pyrrole nitrogens is 2. The van der Waals surface area contributed by atoms with E-state index in [1.807, 2.05) is 6.07 Å². The van der Waals surface area contributed by atoms with Gasteiger partial charge in [-0.05, 0) is 17.7 Å². The SMILES string of the molecule is O=c1[nH]cc(SCc2ccc(Cl)c(Cl)c2)[nH]c1=O. The summed E-state index contributed by atoms with van der Waals surface area (Å²) in [6.07, 6.45) is 1.46. The minimum atomic E-state index is -0.658. The molecule has 0 radical (unpaired) electrons. The van der Waals surface area contributed by atoms with Gasteiger partial charge in [0.25, 0.3) is 0 Å². The highest BCUT2D eigenvalue weighted by molar-refractivity contribution is 7.98. The molecule has 2 rings (SSSR count). The Kier molecular flexibility index (Phi) is 4.16. The number of rotatable bonds is 3. The Morgan fingerprint density at radius 3 is 2.56 bits per heavy atom. The average Bonchev–Trinajstić information content (AvgIpc) is 2.35. The second kappa shape index (κ2) is 5.65. The lowest BCUT2D eigenvalue weighted by molar-refractivity contribution is 0.971. The van der Waals surface area contributed by atoms with Crippen molar-refractivity contribution < 1.29 is 0 Å². The highest BCUT2D eigenvalue weighted by Gasteiger charge is 2.02. The molecule has 2 aromatic rings. The fourth-order valence-electron chi connectivity index (χ4n) is 1.27. The summed E-state index contributed by atoms with van der Waals surface area (Å²) in [5.41, 5.74) is -0.343. The molecule has 0 bridgehead atoms. The molecular formula is C11H8Cl2N2O2S. The second-order valence-electron chi connectivity index (χ2n) is 3.47. The third-order valence-electron chi connectivity index (χ3n) is 2.16. The van der Waals surface area contributed by atoms with Crippen LogP contribution >= 0.6 is 35.0 Å². The molecule has 7 heteroatoms. The largest absolute Gasteiger partial charge is 0.322 e. The van der Waals surface area contributed by atoms with Crippen LogP contribution in [0.5, 0.6) is 0 Å². The van der Waals surface area contributed by atoms with E-state index in [1.54, 1.807) is 12.1 Å². The van der Waals surface area contributed by atoms with E-state index < -0.39 is 11.1 Å². The Labute approximate surface area is 116 Å². The molecule has 0 atom stereocenters. The first kappa shape index (κ1) is 13.3. The van der Waals surface area contributed by atoms with Crippen LogP contribution in [0.2, 0.25) is 10.0 Å². The lowest BCUT2D eigenvalue weighted by atomic mass is 10.2. The zero-order valence-electron chi connectivity index (χ0n) is 9.00. The summed E-state index contributed by atoms with van der Waals surface area (Å²) in [6, 6.07) is 5.33. The van der Waals surface area contributed by atoms with Gasteiger partial charge in [-0.3, -0.25) is 9.59 Å². The molecule has 0 aliphatic carbocycles. The Hall–Kier alpha value is -1.17. The number of hydrogen-bond donors (Lipinski definition) is 2. The predicted molar refractivity (Wildman–Crippen MR) is 73.7 cm³/mol. The van der Waals surface area contributed by atoms with Crippen LogP contribution in [-0.4, -0.2) is 9.97 Å². The smallest absolute Gasteiger partial charge is 0.314 e. The molecule has 1 aromatic heterocycles. The van der Waals surface area contributed by atoms with Crippen LogP contribution in [0.3, 0.4) is 0 Å². The zero-order valence-corrected chi connectivity index (χ0v) is 11.3. The molecular weight excluding hydrogens is 295 g/mol. The number of aromatic amines is 2. The van der Waals surface area contributed by atoms with E-state index in [0.717, 1.165) is 5.56 Å². The van der Waals surface area contributed by atoms with Crippen molar-refractivity contribution in [1.82, 2.24) is 9.97 Å². The zero-order chi connectivity index (χ0) is 13.1. The summed E-state index contributed by atoms with van der Waals surface area (Å²) >= 11 is 13.1. The number of benzene rings is 1. The molecule has 0 aliphatic heterocycles. The van der Waals surface area contributed by atoms with Crippen molar-refractivity contribution in [2.75, 3.05) is 0 Å². The third kappa shape index (κ3) is 3.19. The molecule has 2 N–H and O–H groups in total. The fraction of sp³-hybridized carbons (Fsp3) is 0.0909. The van der Waals surface area contributed by atoms with Crippen molar-refractivity contribution in [1.29, 1.82) is 0 Å². The second-order valence-corrected chi connectivity index (χ2v) is 5.30. The topological polar surface area (TPSA) is 65.7 Å². The van der Waals surface area contributed by atoms with Gasteiger partial charge in [0, 0.05) is 11.9 Å².